The van der Waals surface area contributed by atoms with Gasteiger partial charge in [-0.1, -0.05) is 42.4 Å². The number of aromatic nitrogens is 2. The second-order valence-electron chi connectivity index (χ2n) is 8.47. The first-order valence-electron chi connectivity index (χ1n) is 10.9. The summed E-state index contributed by atoms with van der Waals surface area (Å²) in [6.07, 6.45) is 3.62. The highest BCUT2D eigenvalue weighted by atomic mass is 16.5. The lowest BCUT2D eigenvalue weighted by atomic mass is 9.94. The first kappa shape index (κ1) is 18.3. The summed E-state index contributed by atoms with van der Waals surface area (Å²) in [6.45, 7) is 9.78. The number of rotatable bonds is 5. The van der Waals surface area contributed by atoms with Crippen LogP contribution in [0.5, 0.6) is 0 Å². The van der Waals surface area contributed by atoms with Gasteiger partial charge >= 0.3 is 0 Å². The molecule has 0 unspecified atom stereocenters. The SMILES string of the molecule is CCN1CCN(Cc2nc([C@@H]3C[C@H](c4ccccc4)N4CCC[C@@H]34)no2)CC1. The molecule has 0 amide bonds. The fourth-order valence-corrected chi connectivity index (χ4v) is 5.38. The minimum absolute atomic E-state index is 0.391. The van der Waals surface area contributed by atoms with Gasteiger partial charge in [0, 0.05) is 44.2 Å². The summed E-state index contributed by atoms with van der Waals surface area (Å²) in [6, 6.07) is 12.0. The van der Waals surface area contributed by atoms with Crippen LogP contribution in [-0.2, 0) is 6.54 Å². The molecule has 3 fully saturated rings. The van der Waals surface area contributed by atoms with Crippen LogP contribution < -0.4 is 0 Å². The maximum absolute atomic E-state index is 5.69. The highest BCUT2D eigenvalue weighted by molar-refractivity contribution is 5.24. The number of nitrogens with zero attached hydrogens (tertiary/aromatic N) is 5. The molecule has 2 aromatic rings. The Labute approximate surface area is 167 Å². The highest BCUT2D eigenvalue weighted by Crippen LogP contribution is 2.48. The van der Waals surface area contributed by atoms with E-state index >= 15 is 0 Å². The zero-order valence-electron chi connectivity index (χ0n) is 16.8. The van der Waals surface area contributed by atoms with E-state index in [0.717, 1.165) is 57.4 Å². The van der Waals surface area contributed by atoms with E-state index in [1.807, 2.05) is 0 Å². The lowest BCUT2D eigenvalue weighted by Gasteiger charge is -2.33. The zero-order chi connectivity index (χ0) is 18.9. The summed E-state index contributed by atoms with van der Waals surface area (Å²) in [5.74, 6) is 2.10. The zero-order valence-corrected chi connectivity index (χ0v) is 16.8. The van der Waals surface area contributed by atoms with Gasteiger partial charge in [0.05, 0.1) is 6.54 Å². The van der Waals surface area contributed by atoms with Gasteiger partial charge in [-0.15, -0.1) is 0 Å². The summed E-state index contributed by atoms with van der Waals surface area (Å²) in [7, 11) is 0. The summed E-state index contributed by atoms with van der Waals surface area (Å²) in [5.41, 5.74) is 1.43. The van der Waals surface area contributed by atoms with Crippen LogP contribution in [0.15, 0.2) is 34.9 Å². The maximum Gasteiger partial charge on any atom is 0.240 e. The van der Waals surface area contributed by atoms with Gasteiger partial charge in [0.25, 0.3) is 0 Å². The predicted octanol–water partition coefficient (Wildman–Crippen LogP) is 2.90. The Kier molecular flexibility index (Phi) is 5.18. The normalized spacial score (nSPS) is 29.4. The summed E-state index contributed by atoms with van der Waals surface area (Å²) in [4.78, 5) is 12.5. The Morgan fingerprint density at radius 1 is 1.04 bits per heavy atom. The van der Waals surface area contributed by atoms with E-state index in [1.54, 1.807) is 0 Å². The molecule has 1 aromatic carbocycles. The molecule has 150 valence electrons. The fraction of sp³-hybridized carbons (Fsp3) is 0.636. The average Bonchev–Trinajstić information content (AvgIpc) is 3.46. The van der Waals surface area contributed by atoms with Crippen molar-refractivity contribution in [2.24, 2.45) is 0 Å². The molecule has 3 atom stereocenters. The Morgan fingerprint density at radius 2 is 1.82 bits per heavy atom. The third-order valence-corrected chi connectivity index (χ3v) is 6.95. The van der Waals surface area contributed by atoms with Crippen molar-refractivity contribution in [3.05, 3.63) is 47.6 Å². The van der Waals surface area contributed by atoms with Gasteiger partial charge in [-0.25, -0.2) is 0 Å². The van der Waals surface area contributed by atoms with Gasteiger partial charge in [0.15, 0.2) is 5.82 Å². The van der Waals surface area contributed by atoms with E-state index in [9.17, 15) is 0 Å². The second-order valence-corrected chi connectivity index (χ2v) is 8.47. The second kappa shape index (κ2) is 7.93. The Hall–Kier alpha value is -1.76. The first-order valence-corrected chi connectivity index (χ1v) is 10.9. The van der Waals surface area contributed by atoms with Crippen molar-refractivity contribution in [3.63, 3.8) is 0 Å². The molecule has 6 heteroatoms. The van der Waals surface area contributed by atoms with Gasteiger partial charge < -0.3 is 9.42 Å². The van der Waals surface area contributed by atoms with Crippen LogP contribution >= 0.6 is 0 Å². The summed E-state index contributed by atoms with van der Waals surface area (Å²) < 4.78 is 5.69. The number of hydrogen-bond donors (Lipinski definition) is 0. The fourth-order valence-electron chi connectivity index (χ4n) is 5.38. The van der Waals surface area contributed by atoms with Crippen LogP contribution in [0.2, 0.25) is 0 Å². The molecule has 0 N–H and O–H groups in total. The van der Waals surface area contributed by atoms with Crippen molar-refractivity contribution >= 4 is 0 Å². The van der Waals surface area contributed by atoms with Gasteiger partial charge in [-0.05, 0) is 37.9 Å². The largest absolute Gasteiger partial charge is 0.338 e. The number of likely N-dealkylation sites (N-methyl/N-ethyl adjacent to an activating group) is 1. The quantitative estimate of drug-likeness (QED) is 0.794. The van der Waals surface area contributed by atoms with Crippen LogP contribution in [0.1, 0.15) is 55.4 Å². The minimum Gasteiger partial charge on any atom is -0.338 e. The molecule has 6 nitrogen and oxygen atoms in total. The first-order chi connectivity index (χ1) is 13.8. The lowest BCUT2D eigenvalue weighted by Crippen LogP contribution is -2.45. The topological polar surface area (TPSA) is 48.6 Å². The van der Waals surface area contributed by atoms with Crippen molar-refractivity contribution in [3.8, 4) is 0 Å². The molecule has 5 rings (SSSR count). The minimum atomic E-state index is 0.391. The van der Waals surface area contributed by atoms with Crippen molar-refractivity contribution in [1.29, 1.82) is 0 Å². The van der Waals surface area contributed by atoms with Crippen molar-refractivity contribution < 1.29 is 4.52 Å². The third-order valence-electron chi connectivity index (χ3n) is 6.95. The van der Waals surface area contributed by atoms with Crippen LogP contribution in [0.25, 0.3) is 0 Å². The molecule has 0 spiro atoms. The Bertz CT molecular complexity index is 770. The van der Waals surface area contributed by atoms with E-state index in [2.05, 4.69) is 57.1 Å². The Morgan fingerprint density at radius 3 is 2.61 bits per heavy atom. The monoisotopic (exact) mass is 381 g/mol. The van der Waals surface area contributed by atoms with Crippen LogP contribution in [0.4, 0.5) is 0 Å². The average molecular weight is 382 g/mol. The number of fused-ring (bicyclic) bond motifs is 1. The molecule has 3 aliphatic heterocycles. The van der Waals surface area contributed by atoms with Crippen molar-refractivity contribution in [1.82, 2.24) is 24.8 Å². The van der Waals surface area contributed by atoms with E-state index < -0.39 is 0 Å². The number of hydrogen-bond acceptors (Lipinski definition) is 6. The van der Waals surface area contributed by atoms with E-state index in [1.165, 1.54) is 24.9 Å². The number of piperazine rings is 1. The molecular weight excluding hydrogens is 350 g/mol. The molecule has 28 heavy (non-hydrogen) atoms. The lowest BCUT2D eigenvalue weighted by molar-refractivity contribution is 0.121. The van der Waals surface area contributed by atoms with Gasteiger partial charge in [-0.3, -0.25) is 9.80 Å². The Balaban J connectivity index is 1.28. The van der Waals surface area contributed by atoms with Crippen LogP contribution in [0, 0.1) is 0 Å². The predicted molar refractivity (Wildman–Crippen MR) is 108 cm³/mol. The highest BCUT2D eigenvalue weighted by Gasteiger charge is 2.46. The van der Waals surface area contributed by atoms with E-state index in [0.29, 0.717) is 18.0 Å². The van der Waals surface area contributed by atoms with Gasteiger partial charge in [0.2, 0.25) is 5.89 Å². The molecule has 0 bridgehead atoms. The van der Waals surface area contributed by atoms with Crippen LogP contribution in [0.3, 0.4) is 0 Å². The van der Waals surface area contributed by atoms with Crippen molar-refractivity contribution in [2.45, 2.75) is 50.7 Å². The molecular formula is C22H31N5O. The molecule has 3 aliphatic rings. The smallest absolute Gasteiger partial charge is 0.240 e. The molecule has 0 aliphatic carbocycles. The van der Waals surface area contributed by atoms with Gasteiger partial charge in [0.1, 0.15) is 0 Å². The summed E-state index contributed by atoms with van der Waals surface area (Å²) >= 11 is 0. The van der Waals surface area contributed by atoms with E-state index in [-0.39, 0.29) is 0 Å². The van der Waals surface area contributed by atoms with E-state index in [4.69, 9.17) is 9.51 Å². The van der Waals surface area contributed by atoms with Crippen LogP contribution in [-0.4, -0.2) is 70.2 Å². The van der Waals surface area contributed by atoms with Crippen molar-refractivity contribution in [2.75, 3.05) is 39.3 Å². The molecule has 3 saturated heterocycles. The molecule has 0 saturated carbocycles. The summed E-state index contributed by atoms with van der Waals surface area (Å²) in [5, 5.41) is 4.43. The number of benzene rings is 1. The third kappa shape index (κ3) is 3.49. The molecule has 0 radical (unpaired) electrons. The standard InChI is InChI=1S/C22H31N5O/c1-2-25-11-13-26(14-12-25)16-21-23-22(24-28-21)18-15-20(17-7-4-3-5-8-17)27-10-6-9-19(18)27/h3-5,7-8,18-20H,2,6,9-16H2,1H3/t18-,19+,20-/m1/s1. The molecule has 4 heterocycles. The molecule has 1 aromatic heterocycles. The maximum atomic E-state index is 5.69. The van der Waals surface area contributed by atoms with Gasteiger partial charge in [-0.2, -0.15) is 4.98 Å².